The molecule has 0 saturated heterocycles. The number of rotatable bonds is 6. The molecule has 0 spiro atoms. The minimum Gasteiger partial charge on any atom is -0.305 e. The zero-order valence-electron chi connectivity index (χ0n) is 11.6. The van der Waals surface area contributed by atoms with Crippen LogP contribution in [0.25, 0.3) is 0 Å². The predicted octanol–water partition coefficient (Wildman–Crippen LogP) is 3.65. The number of aromatic nitrogens is 1. The summed E-state index contributed by atoms with van der Waals surface area (Å²) in [4.78, 5) is 6.58. The fourth-order valence-electron chi connectivity index (χ4n) is 3.26. The van der Waals surface area contributed by atoms with Gasteiger partial charge in [0.05, 0.1) is 11.2 Å². The number of fused-ring (bicyclic) bond motifs is 1. The molecule has 1 aromatic heterocycles. The number of aryl methyl sites for hydroxylation is 2. The first-order valence-electron chi connectivity index (χ1n) is 7.54. The molecule has 2 nitrogen and oxygen atoms in total. The highest BCUT2D eigenvalue weighted by molar-refractivity contribution is 7.12. The lowest BCUT2D eigenvalue weighted by Crippen LogP contribution is -2.44. The summed E-state index contributed by atoms with van der Waals surface area (Å²) in [6, 6.07) is 0. The van der Waals surface area contributed by atoms with Crippen LogP contribution in [0.15, 0.2) is 0 Å². The van der Waals surface area contributed by atoms with E-state index in [0.717, 1.165) is 12.5 Å². The van der Waals surface area contributed by atoms with Crippen LogP contribution in [0.2, 0.25) is 0 Å². The van der Waals surface area contributed by atoms with E-state index in [4.69, 9.17) is 4.98 Å². The molecule has 1 unspecified atom stereocenters. The summed E-state index contributed by atoms with van der Waals surface area (Å²) in [7, 11) is 0. The van der Waals surface area contributed by atoms with E-state index in [9.17, 15) is 0 Å². The molecule has 1 heterocycles. The first-order valence-corrected chi connectivity index (χ1v) is 8.36. The maximum Gasteiger partial charge on any atom is 0.114 e. The van der Waals surface area contributed by atoms with Crippen LogP contribution in [0.3, 0.4) is 0 Å². The molecule has 3 rings (SSSR count). The van der Waals surface area contributed by atoms with Gasteiger partial charge in [-0.15, -0.1) is 11.3 Å². The Hall–Kier alpha value is -0.410. The van der Waals surface area contributed by atoms with Crippen molar-refractivity contribution in [3.05, 3.63) is 15.6 Å². The van der Waals surface area contributed by atoms with E-state index < -0.39 is 0 Å². The molecule has 0 bridgehead atoms. The van der Waals surface area contributed by atoms with Crippen molar-refractivity contribution in [2.24, 2.45) is 5.92 Å². The van der Waals surface area contributed by atoms with Crippen LogP contribution in [0.4, 0.5) is 0 Å². The van der Waals surface area contributed by atoms with Crippen LogP contribution in [-0.4, -0.2) is 11.5 Å². The quantitative estimate of drug-likeness (QED) is 0.848. The van der Waals surface area contributed by atoms with Gasteiger partial charge in [0, 0.05) is 4.88 Å². The molecule has 2 aliphatic carbocycles. The number of thiazole rings is 1. The average Bonchev–Trinajstić information content (AvgIpc) is 3.00. The van der Waals surface area contributed by atoms with Crippen LogP contribution in [0.1, 0.15) is 61.5 Å². The van der Waals surface area contributed by atoms with Crippen molar-refractivity contribution in [1.82, 2.24) is 10.3 Å². The van der Waals surface area contributed by atoms with Gasteiger partial charge in [-0.1, -0.05) is 13.8 Å². The Morgan fingerprint density at radius 3 is 2.78 bits per heavy atom. The van der Waals surface area contributed by atoms with Crippen molar-refractivity contribution in [1.29, 1.82) is 0 Å². The van der Waals surface area contributed by atoms with Crippen molar-refractivity contribution < 1.29 is 0 Å². The van der Waals surface area contributed by atoms with Gasteiger partial charge in [0.1, 0.15) is 5.01 Å². The van der Waals surface area contributed by atoms with Gasteiger partial charge in [-0.2, -0.15) is 0 Å². The van der Waals surface area contributed by atoms with Crippen molar-refractivity contribution in [2.45, 2.75) is 64.3 Å². The van der Waals surface area contributed by atoms with Gasteiger partial charge < -0.3 is 5.32 Å². The first kappa shape index (κ1) is 12.6. The third kappa shape index (κ3) is 2.01. The summed E-state index contributed by atoms with van der Waals surface area (Å²) < 4.78 is 0. The second-order valence-electron chi connectivity index (χ2n) is 5.77. The summed E-state index contributed by atoms with van der Waals surface area (Å²) in [6.45, 7) is 5.70. The zero-order valence-corrected chi connectivity index (χ0v) is 12.4. The van der Waals surface area contributed by atoms with Crippen molar-refractivity contribution >= 4 is 11.3 Å². The number of hydrogen-bond acceptors (Lipinski definition) is 3. The topological polar surface area (TPSA) is 24.9 Å². The van der Waals surface area contributed by atoms with Crippen LogP contribution < -0.4 is 5.32 Å². The number of hydrogen-bond donors (Lipinski definition) is 1. The van der Waals surface area contributed by atoms with Gasteiger partial charge >= 0.3 is 0 Å². The molecule has 1 N–H and O–H groups in total. The molecular formula is C15H24N2S. The van der Waals surface area contributed by atoms with E-state index in [1.54, 1.807) is 4.88 Å². The highest BCUT2D eigenvalue weighted by atomic mass is 32.1. The molecule has 0 radical (unpaired) electrons. The maximum atomic E-state index is 5.00. The lowest BCUT2D eigenvalue weighted by Gasteiger charge is -2.32. The van der Waals surface area contributed by atoms with E-state index in [2.05, 4.69) is 19.2 Å². The molecular weight excluding hydrogens is 240 g/mol. The second kappa shape index (κ2) is 4.93. The number of nitrogens with one attached hydrogen (secondary N) is 1. The van der Waals surface area contributed by atoms with E-state index in [0.29, 0.717) is 0 Å². The fourth-order valence-corrected chi connectivity index (χ4v) is 4.73. The van der Waals surface area contributed by atoms with Crippen LogP contribution in [0, 0.1) is 5.92 Å². The largest absolute Gasteiger partial charge is 0.305 e. The van der Waals surface area contributed by atoms with Gasteiger partial charge in [0.15, 0.2) is 0 Å². The molecule has 1 aromatic rings. The summed E-state index contributed by atoms with van der Waals surface area (Å²) in [5.74, 6) is 0.834. The van der Waals surface area contributed by atoms with Gasteiger partial charge in [0.25, 0.3) is 0 Å². The minimum atomic E-state index is 0.199. The van der Waals surface area contributed by atoms with Crippen LogP contribution in [0.5, 0.6) is 0 Å². The average molecular weight is 264 g/mol. The lowest BCUT2D eigenvalue weighted by atomic mass is 9.90. The molecule has 0 amide bonds. The third-order valence-electron chi connectivity index (χ3n) is 4.50. The highest BCUT2D eigenvalue weighted by Gasteiger charge is 2.47. The van der Waals surface area contributed by atoms with Gasteiger partial charge in [0.2, 0.25) is 0 Å². The van der Waals surface area contributed by atoms with Crippen molar-refractivity contribution in [3.63, 3.8) is 0 Å². The smallest absolute Gasteiger partial charge is 0.114 e. The standard InChI is InChI=1S/C15H24N2S/c1-3-10-16-15(4-2,11-8-9-11)14-17-12-6-5-7-13(12)18-14/h11,16H,3-10H2,1-2H3. The summed E-state index contributed by atoms with van der Waals surface area (Å²) in [5, 5.41) is 5.24. The van der Waals surface area contributed by atoms with Gasteiger partial charge in [-0.25, -0.2) is 4.98 Å². The molecule has 18 heavy (non-hydrogen) atoms. The Balaban J connectivity index is 1.91. The van der Waals surface area contributed by atoms with E-state index in [1.165, 1.54) is 55.6 Å². The molecule has 0 aromatic carbocycles. The Labute approximate surface area is 114 Å². The van der Waals surface area contributed by atoms with E-state index in [1.807, 2.05) is 11.3 Å². The van der Waals surface area contributed by atoms with E-state index in [-0.39, 0.29) is 5.54 Å². The molecule has 1 atom stereocenters. The number of nitrogens with zero attached hydrogens (tertiary/aromatic N) is 1. The molecule has 3 heteroatoms. The third-order valence-corrected chi connectivity index (χ3v) is 5.83. The molecule has 100 valence electrons. The molecule has 2 aliphatic rings. The molecule has 1 saturated carbocycles. The van der Waals surface area contributed by atoms with Gasteiger partial charge in [-0.05, 0) is 57.4 Å². The predicted molar refractivity (Wildman–Crippen MR) is 77.1 cm³/mol. The molecule has 1 fully saturated rings. The van der Waals surface area contributed by atoms with Crippen LogP contribution in [-0.2, 0) is 18.4 Å². The Bertz CT molecular complexity index is 401. The minimum absolute atomic E-state index is 0.199. The molecule has 0 aliphatic heterocycles. The zero-order chi connectivity index (χ0) is 12.6. The monoisotopic (exact) mass is 264 g/mol. The summed E-state index contributed by atoms with van der Waals surface area (Å²) in [5.41, 5.74) is 1.61. The maximum absolute atomic E-state index is 5.00. The normalized spacial score (nSPS) is 21.9. The second-order valence-corrected chi connectivity index (χ2v) is 6.85. The fraction of sp³-hybridized carbons (Fsp3) is 0.800. The van der Waals surface area contributed by atoms with Crippen molar-refractivity contribution in [2.75, 3.05) is 6.54 Å². The summed E-state index contributed by atoms with van der Waals surface area (Å²) in [6.07, 6.45) is 8.96. The van der Waals surface area contributed by atoms with E-state index >= 15 is 0 Å². The van der Waals surface area contributed by atoms with Crippen molar-refractivity contribution in [3.8, 4) is 0 Å². The SMILES string of the molecule is CCCNC(CC)(c1nc2c(s1)CCC2)C1CC1. The highest BCUT2D eigenvalue weighted by Crippen LogP contribution is 2.49. The van der Waals surface area contributed by atoms with Crippen LogP contribution >= 0.6 is 11.3 Å². The Morgan fingerprint density at radius 2 is 2.17 bits per heavy atom. The van der Waals surface area contributed by atoms with Gasteiger partial charge in [-0.3, -0.25) is 0 Å². The lowest BCUT2D eigenvalue weighted by molar-refractivity contribution is 0.275. The first-order chi connectivity index (χ1) is 8.80. The Kier molecular flexibility index (Phi) is 3.46. The summed E-state index contributed by atoms with van der Waals surface area (Å²) >= 11 is 2.00. The Morgan fingerprint density at radius 1 is 1.33 bits per heavy atom.